The average Bonchev–Trinajstić information content (AvgIpc) is 2.96. The number of nitrogens with zero attached hydrogens (tertiary/aromatic N) is 1. The quantitative estimate of drug-likeness (QED) is 0.827. The minimum absolute atomic E-state index is 0.273. The first kappa shape index (κ1) is 10.3. The third kappa shape index (κ3) is 1.78. The molecule has 1 aliphatic rings. The highest BCUT2D eigenvalue weighted by Crippen LogP contribution is 2.25. The van der Waals surface area contributed by atoms with Crippen molar-refractivity contribution in [2.45, 2.75) is 12.3 Å². The number of nitrogens with one attached hydrogen (secondary N) is 1. The summed E-state index contributed by atoms with van der Waals surface area (Å²) < 4.78 is 5.32. The van der Waals surface area contributed by atoms with E-state index in [0.717, 1.165) is 29.9 Å². The summed E-state index contributed by atoms with van der Waals surface area (Å²) in [7, 11) is 0. The molecule has 3 rings (SSSR count). The predicted molar refractivity (Wildman–Crippen MR) is 61.2 cm³/mol. The number of aromatic carboxylic acids is 1. The summed E-state index contributed by atoms with van der Waals surface area (Å²) in [4.78, 5) is 18.5. The summed E-state index contributed by atoms with van der Waals surface area (Å²) in [6.45, 7) is 1.45. The van der Waals surface area contributed by atoms with Crippen molar-refractivity contribution in [2.24, 2.45) is 0 Å². The number of aromatic amines is 1. The number of benzene rings is 1. The van der Waals surface area contributed by atoms with E-state index in [1.807, 2.05) is 0 Å². The summed E-state index contributed by atoms with van der Waals surface area (Å²) in [5.74, 6) is 0.267. The van der Waals surface area contributed by atoms with Gasteiger partial charge in [-0.05, 0) is 24.6 Å². The van der Waals surface area contributed by atoms with Gasteiger partial charge in [0, 0.05) is 12.5 Å². The molecule has 0 saturated carbocycles. The first-order valence-corrected chi connectivity index (χ1v) is 5.55. The zero-order valence-corrected chi connectivity index (χ0v) is 9.14. The molecule has 88 valence electrons. The van der Waals surface area contributed by atoms with Gasteiger partial charge in [0.15, 0.2) is 0 Å². The normalized spacial score (nSPS) is 19.9. The monoisotopic (exact) mass is 232 g/mol. The Morgan fingerprint density at radius 1 is 1.53 bits per heavy atom. The average molecular weight is 232 g/mol. The zero-order chi connectivity index (χ0) is 11.8. The predicted octanol–water partition coefficient (Wildman–Crippen LogP) is 1.76. The molecule has 2 heterocycles. The summed E-state index contributed by atoms with van der Waals surface area (Å²) in [6.07, 6.45) is 0.964. The smallest absolute Gasteiger partial charge is 0.335 e. The number of imidazole rings is 1. The molecule has 0 amide bonds. The fourth-order valence-electron chi connectivity index (χ4n) is 2.11. The number of aromatic nitrogens is 2. The molecule has 0 aliphatic carbocycles. The van der Waals surface area contributed by atoms with E-state index in [0.29, 0.717) is 12.5 Å². The van der Waals surface area contributed by atoms with Crippen LogP contribution in [-0.4, -0.2) is 34.3 Å². The Hall–Kier alpha value is -1.88. The molecular formula is C12H12N2O3. The maximum atomic E-state index is 10.9. The van der Waals surface area contributed by atoms with Gasteiger partial charge in [-0.25, -0.2) is 9.78 Å². The summed E-state index contributed by atoms with van der Waals surface area (Å²) in [5, 5.41) is 8.91. The van der Waals surface area contributed by atoms with Gasteiger partial charge in [0.05, 0.1) is 23.2 Å². The Labute approximate surface area is 97.4 Å². The highest BCUT2D eigenvalue weighted by molar-refractivity contribution is 5.92. The van der Waals surface area contributed by atoms with Crippen LogP contribution in [0.3, 0.4) is 0 Å². The lowest BCUT2D eigenvalue weighted by Gasteiger charge is -2.00. The summed E-state index contributed by atoms with van der Waals surface area (Å²) >= 11 is 0. The third-order valence-electron chi connectivity index (χ3n) is 3.06. The van der Waals surface area contributed by atoms with Crippen molar-refractivity contribution in [1.29, 1.82) is 0 Å². The van der Waals surface area contributed by atoms with E-state index in [-0.39, 0.29) is 5.56 Å². The van der Waals surface area contributed by atoms with Crippen molar-refractivity contribution in [2.75, 3.05) is 13.2 Å². The number of H-pyrrole nitrogens is 1. The minimum atomic E-state index is -0.924. The van der Waals surface area contributed by atoms with Gasteiger partial charge < -0.3 is 14.8 Å². The number of hydrogen-bond donors (Lipinski definition) is 2. The Morgan fingerprint density at radius 2 is 2.41 bits per heavy atom. The zero-order valence-electron chi connectivity index (χ0n) is 9.14. The van der Waals surface area contributed by atoms with E-state index in [2.05, 4.69) is 9.97 Å². The van der Waals surface area contributed by atoms with E-state index < -0.39 is 5.97 Å². The van der Waals surface area contributed by atoms with Gasteiger partial charge in [-0.3, -0.25) is 0 Å². The van der Waals surface area contributed by atoms with Crippen molar-refractivity contribution in [1.82, 2.24) is 9.97 Å². The van der Waals surface area contributed by atoms with Crippen LogP contribution < -0.4 is 0 Å². The highest BCUT2D eigenvalue weighted by Gasteiger charge is 2.21. The molecule has 2 N–H and O–H groups in total. The first-order valence-electron chi connectivity index (χ1n) is 5.55. The first-order chi connectivity index (χ1) is 8.24. The second kappa shape index (κ2) is 3.85. The molecule has 1 fully saturated rings. The number of carbonyl (C=O) groups is 1. The van der Waals surface area contributed by atoms with Crippen LogP contribution >= 0.6 is 0 Å². The van der Waals surface area contributed by atoms with Crippen molar-refractivity contribution in [3.63, 3.8) is 0 Å². The van der Waals surface area contributed by atoms with E-state index in [9.17, 15) is 4.79 Å². The molecule has 2 aromatic rings. The molecule has 5 heteroatoms. The molecule has 5 nitrogen and oxygen atoms in total. The number of hydrogen-bond acceptors (Lipinski definition) is 3. The van der Waals surface area contributed by atoms with Crippen LogP contribution in [0.25, 0.3) is 11.0 Å². The number of rotatable bonds is 2. The number of fused-ring (bicyclic) bond motifs is 1. The molecule has 0 unspecified atom stereocenters. The van der Waals surface area contributed by atoms with Crippen molar-refractivity contribution < 1.29 is 14.6 Å². The van der Waals surface area contributed by atoms with E-state index in [1.165, 1.54) is 0 Å². The number of ether oxygens (including phenoxy) is 1. The van der Waals surface area contributed by atoms with Crippen LogP contribution in [-0.2, 0) is 4.74 Å². The topological polar surface area (TPSA) is 75.2 Å². The van der Waals surface area contributed by atoms with E-state index in [1.54, 1.807) is 18.2 Å². The van der Waals surface area contributed by atoms with Crippen LogP contribution in [0.5, 0.6) is 0 Å². The lowest BCUT2D eigenvalue weighted by molar-refractivity contribution is 0.0697. The Kier molecular flexibility index (Phi) is 2.33. The van der Waals surface area contributed by atoms with Gasteiger partial charge in [-0.1, -0.05) is 0 Å². The molecule has 1 aromatic heterocycles. The van der Waals surface area contributed by atoms with Gasteiger partial charge in [0.25, 0.3) is 0 Å². The van der Waals surface area contributed by atoms with Gasteiger partial charge in [0.2, 0.25) is 0 Å². The van der Waals surface area contributed by atoms with Crippen LogP contribution in [0.1, 0.15) is 28.5 Å². The SMILES string of the molecule is O=C(O)c1ccc2nc([C@H]3CCOC3)[nH]c2c1. The van der Waals surface area contributed by atoms with Crippen molar-refractivity contribution in [3.8, 4) is 0 Å². The van der Waals surface area contributed by atoms with Gasteiger partial charge >= 0.3 is 5.97 Å². The standard InChI is InChI=1S/C12H12N2O3/c15-12(16)7-1-2-9-10(5-7)14-11(13-9)8-3-4-17-6-8/h1-2,5,8H,3-4,6H2,(H,13,14)(H,15,16)/t8-/m0/s1. The second-order valence-electron chi connectivity index (χ2n) is 4.22. The van der Waals surface area contributed by atoms with Crippen LogP contribution in [0.2, 0.25) is 0 Å². The Morgan fingerprint density at radius 3 is 3.12 bits per heavy atom. The number of carboxylic acids is 1. The van der Waals surface area contributed by atoms with E-state index >= 15 is 0 Å². The van der Waals surface area contributed by atoms with Crippen LogP contribution in [0.4, 0.5) is 0 Å². The largest absolute Gasteiger partial charge is 0.478 e. The fraction of sp³-hybridized carbons (Fsp3) is 0.333. The molecule has 1 saturated heterocycles. The molecule has 1 aliphatic heterocycles. The number of carboxylic acid groups (broad SMARTS) is 1. The van der Waals surface area contributed by atoms with Gasteiger partial charge in [-0.2, -0.15) is 0 Å². The molecule has 0 bridgehead atoms. The van der Waals surface area contributed by atoms with Crippen molar-refractivity contribution >= 4 is 17.0 Å². The molecule has 1 aromatic carbocycles. The molecular weight excluding hydrogens is 220 g/mol. The molecule has 0 radical (unpaired) electrons. The minimum Gasteiger partial charge on any atom is -0.478 e. The van der Waals surface area contributed by atoms with Gasteiger partial charge in [0.1, 0.15) is 5.82 Å². The Bertz CT molecular complexity index is 570. The second-order valence-corrected chi connectivity index (χ2v) is 4.22. The summed E-state index contributed by atoms with van der Waals surface area (Å²) in [5.41, 5.74) is 1.85. The van der Waals surface area contributed by atoms with Crippen LogP contribution in [0.15, 0.2) is 18.2 Å². The molecule has 0 spiro atoms. The molecule has 17 heavy (non-hydrogen) atoms. The van der Waals surface area contributed by atoms with Gasteiger partial charge in [-0.15, -0.1) is 0 Å². The third-order valence-corrected chi connectivity index (χ3v) is 3.06. The van der Waals surface area contributed by atoms with Crippen molar-refractivity contribution in [3.05, 3.63) is 29.6 Å². The summed E-state index contributed by atoms with van der Waals surface area (Å²) in [6, 6.07) is 4.92. The highest BCUT2D eigenvalue weighted by atomic mass is 16.5. The Balaban J connectivity index is 2.03. The lowest BCUT2D eigenvalue weighted by atomic mass is 10.1. The lowest BCUT2D eigenvalue weighted by Crippen LogP contribution is -1.99. The van der Waals surface area contributed by atoms with Crippen LogP contribution in [0, 0.1) is 0 Å². The fourth-order valence-corrected chi connectivity index (χ4v) is 2.11. The maximum Gasteiger partial charge on any atom is 0.335 e. The van der Waals surface area contributed by atoms with E-state index in [4.69, 9.17) is 9.84 Å². The molecule has 1 atom stereocenters. The maximum absolute atomic E-state index is 10.9.